The minimum atomic E-state index is -0.435. The molecule has 18 heavy (non-hydrogen) atoms. The summed E-state index contributed by atoms with van der Waals surface area (Å²) in [6.45, 7) is 3.16. The van der Waals surface area contributed by atoms with E-state index in [0.29, 0.717) is 22.7 Å². The van der Waals surface area contributed by atoms with Crippen molar-refractivity contribution in [3.05, 3.63) is 16.0 Å². The van der Waals surface area contributed by atoms with Crippen LogP contribution in [0.25, 0.3) is 0 Å². The molecule has 0 radical (unpaired) electrons. The Morgan fingerprint density at radius 1 is 1.44 bits per heavy atom. The van der Waals surface area contributed by atoms with Crippen molar-refractivity contribution in [3.8, 4) is 0 Å². The zero-order chi connectivity index (χ0) is 13.2. The van der Waals surface area contributed by atoms with Crippen LogP contribution in [-0.4, -0.2) is 23.7 Å². The van der Waals surface area contributed by atoms with Crippen LogP contribution in [0, 0.1) is 0 Å². The summed E-state index contributed by atoms with van der Waals surface area (Å²) in [5, 5.41) is 0. The van der Waals surface area contributed by atoms with Gasteiger partial charge in [-0.05, 0) is 42.1 Å². The van der Waals surface area contributed by atoms with Gasteiger partial charge >= 0.3 is 0 Å². The zero-order valence-electron chi connectivity index (χ0n) is 10.7. The van der Waals surface area contributed by atoms with Crippen molar-refractivity contribution in [2.45, 2.75) is 38.4 Å². The van der Waals surface area contributed by atoms with Crippen molar-refractivity contribution in [2.24, 2.45) is 0 Å². The van der Waals surface area contributed by atoms with E-state index in [9.17, 15) is 0 Å². The Labute approximate surface area is 115 Å². The summed E-state index contributed by atoms with van der Waals surface area (Å²) in [5.41, 5.74) is 6.23. The number of halogens is 1. The topological polar surface area (TPSA) is 70.3 Å². The quantitative estimate of drug-likeness (QED) is 0.927. The van der Waals surface area contributed by atoms with Crippen LogP contribution in [0.5, 0.6) is 0 Å². The molecule has 2 N–H and O–H groups in total. The summed E-state index contributed by atoms with van der Waals surface area (Å²) >= 11 is 3.39. The molecule has 1 atom stereocenters. The standard InChI is InChI=1S/C12H18BrN3O2/c1-12(5-3-4-6-18-12)11-15-8(7-17-2)9(13)10(14)16-11/h3-7H2,1-2H3,(H2,14,15,16). The first-order valence-electron chi connectivity index (χ1n) is 6.02. The molecule has 5 nitrogen and oxygen atoms in total. The number of nitrogen functional groups attached to an aromatic ring is 1. The fourth-order valence-electron chi connectivity index (χ4n) is 2.09. The van der Waals surface area contributed by atoms with E-state index in [4.69, 9.17) is 15.2 Å². The SMILES string of the molecule is COCc1nc(C2(C)CCCCO2)nc(N)c1Br. The van der Waals surface area contributed by atoms with E-state index >= 15 is 0 Å². The molecule has 0 saturated carbocycles. The molecule has 0 bridgehead atoms. The van der Waals surface area contributed by atoms with Gasteiger partial charge in [0, 0.05) is 13.7 Å². The molecule has 1 unspecified atom stereocenters. The van der Waals surface area contributed by atoms with Crippen LogP contribution < -0.4 is 5.73 Å². The average Bonchev–Trinajstić information content (AvgIpc) is 2.36. The van der Waals surface area contributed by atoms with Gasteiger partial charge < -0.3 is 15.2 Å². The van der Waals surface area contributed by atoms with Crippen molar-refractivity contribution >= 4 is 21.7 Å². The predicted octanol–water partition coefficient (Wildman–Crippen LogP) is 2.38. The van der Waals surface area contributed by atoms with Crippen molar-refractivity contribution in [1.29, 1.82) is 0 Å². The van der Waals surface area contributed by atoms with E-state index in [1.165, 1.54) is 0 Å². The fourth-order valence-corrected chi connectivity index (χ4v) is 2.38. The third-order valence-corrected chi connectivity index (χ3v) is 4.03. The highest BCUT2D eigenvalue weighted by molar-refractivity contribution is 9.10. The molecular weight excluding hydrogens is 298 g/mol. The highest BCUT2D eigenvalue weighted by Crippen LogP contribution is 2.34. The number of aromatic nitrogens is 2. The average molecular weight is 316 g/mol. The molecule has 1 aromatic rings. The van der Waals surface area contributed by atoms with Gasteiger partial charge in [0.2, 0.25) is 0 Å². The van der Waals surface area contributed by atoms with E-state index in [1.807, 2.05) is 6.92 Å². The predicted molar refractivity (Wildman–Crippen MR) is 72.0 cm³/mol. The number of nitrogens with two attached hydrogens (primary N) is 1. The molecule has 0 amide bonds. The Morgan fingerprint density at radius 2 is 2.22 bits per heavy atom. The first-order chi connectivity index (χ1) is 8.57. The number of methoxy groups -OCH3 is 1. The lowest BCUT2D eigenvalue weighted by atomic mass is 9.95. The van der Waals surface area contributed by atoms with E-state index in [0.717, 1.165) is 31.6 Å². The number of nitrogens with zero attached hydrogens (tertiary/aromatic N) is 2. The van der Waals surface area contributed by atoms with E-state index in [1.54, 1.807) is 7.11 Å². The minimum absolute atomic E-state index is 0.399. The Bertz CT molecular complexity index is 434. The summed E-state index contributed by atoms with van der Waals surface area (Å²) in [4.78, 5) is 8.88. The highest BCUT2D eigenvalue weighted by atomic mass is 79.9. The maximum atomic E-state index is 5.91. The number of hydrogen-bond acceptors (Lipinski definition) is 5. The molecule has 0 aromatic carbocycles. The lowest BCUT2D eigenvalue weighted by molar-refractivity contribution is -0.0762. The Balaban J connectivity index is 2.38. The number of rotatable bonds is 3. The summed E-state index contributed by atoms with van der Waals surface area (Å²) in [6, 6.07) is 0. The van der Waals surface area contributed by atoms with Gasteiger partial charge in [0.15, 0.2) is 5.82 Å². The molecule has 0 spiro atoms. The Hall–Kier alpha value is -0.720. The molecule has 1 aliphatic rings. The smallest absolute Gasteiger partial charge is 0.162 e. The first kappa shape index (κ1) is 13.7. The van der Waals surface area contributed by atoms with Crippen molar-refractivity contribution < 1.29 is 9.47 Å². The molecular formula is C12H18BrN3O2. The molecule has 100 valence electrons. The maximum absolute atomic E-state index is 5.91. The second-order valence-corrected chi connectivity index (χ2v) is 5.46. The van der Waals surface area contributed by atoms with Crippen LogP contribution in [0.2, 0.25) is 0 Å². The highest BCUT2D eigenvalue weighted by Gasteiger charge is 2.34. The van der Waals surface area contributed by atoms with Gasteiger partial charge in [0.05, 0.1) is 16.8 Å². The van der Waals surface area contributed by atoms with Crippen molar-refractivity contribution in [2.75, 3.05) is 19.5 Å². The minimum Gasteiger partial charge on any atom is -0.383 e. The van der Waals surface area contributed by atoms with Crippen molar-refractivity contribution in [3.63, 3.8) is 0 Å². The molecule has 1 aromatic heterocycles. The largest absolute Gasteiger partial charge is 0.383 e. The monoisotopic (exact) mass is 315 g/mol. The lowest BCUT2D eigenvalue weighted by Crippen LogP contribution is -2.33. The van der Waals surface area contributed by atoms with Gasteiger partial charge in [0.25, 0.3) is 0 Å². The van der Waals surface area contributed by atoms with Crippen LogP contribution in [0.4, 0.5) is 5.82 Å². The zero-order valence-corrected chi connectivity index (χ0v) is 12.3. The molecule has 2 heterocycles. The molecule has 6 heteroatoms. The van der Waals surface area contributed by atoms with E-state index < -0.39 is 5.60 Å². The van der Waals surface area contributed by atoms with Crippen molar-refractivity contribution in [1.82, 2.24) is 9.97 Å². The van der Waals surface area contributed by atoms with Crippen LogP contribution in [0.3, 0.4) is 0 Å². The summed E-state index contributed by atoms with van der Waals surface area (Å²) in [7, 11) is 1.63. The second-order valence-electron chi connectivity index (χ2n) is 4.66. The first-order valence-corrected chi connectivity index (χ1v) is 6.81. The Morgan fingerprint density at radius 3 is 2.83 bits per heavy atom. The second kappa shape index (κ2) is 5.50. The molecule has 2 rings (SSSR count). The number of hydrogen-bond donors (Lipinski definition) is 1. The molecule has 0 aliphatic carbocycles. The van der Waals surface area contributed by atoms with Gasteiger partial charge in [-0.2, -0.15) is 0 Å². The third kappa shape index (κ3) is 2.65. The van der Waals surface area contributed by atoms with Gasteiger partial charge in [0.1, 0.15) is 11.4 Å². The summed E-state index contributed by atoms with van der Waals surface area (Å²) in [6.07, 6.45) is 3.13. The molecule has 1 fully saturated rings. The summed E-state index contributed by atoms with van der Waals surface area (Å²) in [5.74, 6) is 1.08. The summed E-state index contributed by atoms with van der Waals surface area (Å²) < 4.78 is 11.7. The van der Waals surface area contributed by atoms with Gasteiger partial charge in [-0.25, -0.2) is 9.97 Å². The van der Waals surface area contributed by atoms with Crippen LogP contribution in [0.1, 0.15) is 37.7 Å². The van der Waals surface area contributed by atoms with Crippen LogP contribution >= 0.6 is 15.9 Å². The molecule has 1 aliphatic heterocycles. The van der Waals surface area contributed by atoms with Gasteiger partial charge in [-0.1, -0.05) is 0 Å². The fraction of sp³-hybridized carbons (Fsp3) is 0.667. The van der Waals surface area contributed by atoms with Crippen LogP contribution in [-0.2, 0) is 21.7 Å². The molecule has 1 saturated heterocycles. The lowest BCUT2D eigenvalue weighted by Gasteiger charge is -2.32. The van der Waals surface area contributed by atoms with Gasteiger partial charge in [-0.15, -0.1) is 0 Å². The number of ether oxygens (including phenoxy) is 2. The van der Waals surface area contributed by atoms with E-state index in [2.05, 4.69) is 25.9 Å². The van der Waals surface area contributed by atoms with Crippen LogP contribution in [0.15, 0.2) is 4.47 Å². The normalized spacial score (nSPS) is 24.2. The maximum Gasteiger partial charge on any atom is 0.162 e. The third-order valence-electron chi connectivity index (χ3n) is 3.17. The van der Waals surface area contributed by atoms with Gasteiger partial charge in [-0.3, -0.25) is 0 Å². The Kier molecular flexibility index (Phi) is 4.19. The van der Waals surface area contributed by atoms with E-state index in [-0.39, 0.29) is 0 Å². The number of anilines is 1.